The molecule has 0 spiro atoms. The van der Waals surface area contributed by atoms with Crippen LogP contribution in [-0.2, 0) is 6.42 Å². The minimum absolute atomic E-state index is 0.0879. The van der Waals surface area contributed by atoms with Gasteiger partial charge in [0.15, 0.2) is 17.1 Å². The van der Waals surface area contributed by atoms with Gasteiger partial charge in [0.25, 0.3) is 0 Å². The van der Waals surface area contributed by atoms with Crippen molar-refractivity contribution in [3.63, 3.8) is 0 Å². The van der Waals surface area contributed by atoms with Crippen LogP contribution in [0.5, 0.6) is 11.5 Å². The zero-order valence-electron chi connectivity index (χ0n) is 16.9. The largest absolute Gasteiger partial charge is 0.489 e. The Kier molecular flexibility index (Phi) is 6.91. The number of furan rings is 1. The second-order valence-corrected chi connectivity index (χ2v) is 6.93. The summed E-state index contributed by atoms with van der Waals surface area (Å²) in [5, 5.41) is 9.60. The van der Waals surface area contributed by atoms with Crippen LogP contribution in [-0.4, -0.2) is 19.0 Å². The van der Waals surface area contributed by atoms with Crippen molar-refractivity contribution in [1.29, 1.82) is 5.26 Å². The molecule has 5 heteroatoms. The molecule has 0 aliphatic carbocycles. The van der Waals surface area contributed by atoms with E-state index in [2.05, 4.69) is 18.2 Å². The van der Waals surface area contributed by atoms with Crippen LogP contribution < -0.4 is 9.47 Å². The first-order chi connectivity index (χ1) is 14.1. The van der Waals surface area contributed by atoms with Gasteiger partial charge in [0.05, 0.1) is 31.1 Å². The van der Waals surface area contributed by atoms with Crippen LogP contribution in [0.3, 0.4) is 0 Å². The highest BCUT2D eigenvalue weighted by molar-refractivity contribution is 6.05. The van der Waals surface area contributed by atoms with E-state index >= 15 is 0 Å². The first-order valence-electron chi connectivity index (χ1n) is 9.84. The van der Waals surface area contributed by atoms with E-state index in [1.165, 1.54) is 12.5 Å². The minimum Gasteiger partial charge on any atom is -0.489 e. The number of carbonyl (C=O) groups is 1. The highest BCUT2D eigenvalue weighted by Crippen LogP contribution is 2.43. The van der Waals surface area contributed by atoms with E-state index in [-0.39, 0.29) is 5.78 Å². The smallest absolute Gasteiger partial charge is 0.205 e. The number of hydrogen-bond acceptors (Lipinski definition) is 5. The molecule has 29 heavy (non-hydrogen) atoms. The maximum atomic E-state index is 12.4. The quantitative estimate of drug-likeness (QED) is 0.330. The molecule has 1 heterocycles. The van der Waals surface area contributed by atoms with Crippen molar-refractivity contribution in [2.75, 3.05) is 13.2 Å². The Hall–Kier alpha value is -3.26. The highest BCUT2D eigenvalue weighted by Gasteiger charge is 2.24. The number of aryl methyl sites for hydroxylation is 2. The van der Waals surface area contributed by atoms with E-state index in [1.807, 2.05) is 31.2 Å². The molecule has 3 rings (SSSR count). The molecule has 0 radical (unpaired) electrons. The van der Waals surface area contributed by atoms with Crippen molar-refractivity contribution < 1.29 is 18.7 Å². The molecule has 0 bridgehead atoms. The molecule has 0 saturated heterocycles. The number of hydrogen-bond donors (Lipinski definition) is 0. The van der Waals surface area contributed by atoms with Crippen molar-refractivity contribution in [2.24, 2.45) is 0 Å². The number of fused-ring (bicyclic) bond motifs is 1. The van der Waals surface area contributed by atoms with Crippen molar-refractivity contribution in [3.05, 3.63) is 59.4 Å². The molecule has 3 aromatic rings. The number of Topliss-reactive ketones (excluding diaryl/α,β-unsaturated/α-hetero) is 1. The molecule has 0 atom stereocenters. The van der Waals surface area contributed by atoms with Crippen molar-refractivity contribution in [1.82, 2.24) is 0 Å². The van der Waals surface area contributed by atoms with Crippen LogP contribution in [0.15, 0.2) is 47.1 Å². The van der Waals surface area contributed by atoms with Gasteiger partial charge < -0.3 is 13.9 Å². The average molecular weight is 391 g/mol. The number of ketones is 1. The van der Waals surface area contributed by atoms with E-state index in [1.54, 1.807) is 6.26 Å². The lowest BCUT2D eigenvalue weighted by molar-refractivity contribution is 0.101. The second kappa shape index (κ2) is 9.79. The van der Waals surface area contributed by atoms with Gasteiger partial charge >= 0.3 is 0 Å². The Bertz CT molecular complexity index is 1010. The second-order valence-electron chi connectivity index (χ2n) is 6.93. The van der Waals surface area contributed by atoms with Gasteiger partial charge in [-0.05, 0) is 50.3 Å². The molecule has 2 aromatic carbocycles. The van der Waals surface area contributed by atoms with E-state index in [4.69, 9.17) is 19.2 Å². The molecule has 150 valence electrons. The number of ether oxygens (including phenoxy) is 2. The molecule has 0 N–H and O–H groups in total. The van der Waals surface area contributed by atoms with Gasteiger partial charge in [-0.3, -0.25) is 4.79 Å². The summed E-state index contributed by atoms with van der Waals surface area (Å²) in [5.41, 5.74) is 3.16. The van der Waals surface area contributed by atoms with Gasteiger partial charge in [-0.15, -0.1) is 0 Å². The molecular formula is C24H25NO4. The van der Waals surface area contributed by atoms with E-state index < -0.39 is 0 Å². The molecule has 0 fully saturated rings. The summed E-state index contributed by atoms with van der Waals surface area (Å²) in [5.74, 6) is 0.788. The molecule has 5 nitrogen and oxygen atoms in total. The maximum absolute atomic E-state index is 12.4. The minimum atomic E-state index is -0.0879. The molecule has 0 aliphatic heterocycles. The summed E-state index contributed by atoms with van der Waals surface area (Å²) in [6.07, 6.45) is 4.29. The van der Waals surface area contributed by atoms with Crippen LogP contribution in [0, 0.1) is 18.3 Å². The molecule has 1 aromatic heterocycles. The topological polar surface area (TPSA) is 72.5 Å². The Labute approximate surface area is 170 Å². The molecule has 0 unspecified atom stereocenters. The van der Waals surface area contributed by atoms with E-state index in [0.29, 0.717) is 48.7 Å². The summed E-state index contributed by atoms with van der Waals surface area (Å²) in [4.78, 5) is 12.4. The van der Waals surface area contributed by atoms with Gasteiger partial charge in [-0.25, -0.2) is 0 Å². The third kappa shape index (κ3) is 4.78. The SMILES string of the molecule is CC(=O)c1c(OCCCC#N)c(OCCCc2ccccc2)c2occc2c1C. The predicted octanol–water partition coefficient (Wildman–Crippen LogP) is 5.64. The number of benzene rings is 2. The van der Waals surface area contributed by atoms with Crippen LogP contribution in [0.2, 0.25) is 0 Å². The fourth-order valence-electron chi connectivity index (χ4n) is 3.42. The van der Waals surface area contributed by atoms with Crippen LogP contribution in [0.25, 0.3) is 11.0 Å². The molecule has 0 saturated carbocycles. The third-order valence-electron chi connectivity index (χ3n) is 4.81. The fourth-order valence-corrected chi connectivity index (χ4v) is 3.42. The summed E-state index contributed by atoms with van der Waals surface area (Å²) < 4.78 is 17.7. The molecular weight excluding hydrogens is 366 g/mol. The van der Waals surface area contributed by atoms with Crippen molar-refractivity contribution in [2.45, 2.75) is 39.5 Å². The van der Waals surface area contributed by atoms with E-state index in [9.17, 15) is 4.79 Å². The van der Waals surface area contributed by atoms with Gasteiger partial charge in [-0.1, -0.05) is 30.3 Å². The number of nitrogens with zero attached hydrogens (tertiary/aromatic N) is 1. The normalized spacial score (nSPS) is 10.7. The third-order valence-corrected chi connectivity index (χ3v) is 4.81. The van der Waals surface area contributed by atoms with Gasteiger partial charge in [0.2, 0.25) is 5.75 Å². The lowest BCUT2D eigenvalue weighted by Crippen LogP contribution is -2.09. The van der Waals surface area contributed by atoms with Gasteiger partial charge in [0, 0.05) is 11.8 Å². The first kappa shape index (κ1) is 20.5. The maximum Gasteiger partial charge on any atom is 0.205 e. The Morgan fingerprint density at radius 3 is 2.52 bits per heavy atom. The Morgan fingerprint density at radius 1 is 1.07 bits per heavy atom. The van der Waals surface area contributed by atoms with E-state index in [0.717, 1.165) is 23.8 Å². The predicted molar refractivity (Wildman–Crippen MR) is 112 cm³/mol. The Balaban J connectivity index is 1.86. The lowest BCUT2D eigenvalue weighted by atomic mass is 9.99. The van der Waals surface area contributed by atoms with Crippen LogP contribution in [0.1, 0.15) is 47.7 Å². The van der Waals surface area contributed by atoms with Crippen LogP contribution in [0.4, 0.5) is 0 Å². The highest BCUT2D eigenvalue weighted by atomic mass is 16.5. The summed E-state index contributed by atoms with van der Waals surface area (Å²) in [6.45, 7) is 4.21. The molecule has 0 amide bonds. The first-order valence-corrected chi connectivity index (χ1v) is 9.84. The average Bonchev–Trinajstić information content (AvgIpc) is 3.21. The number of unbranched alkanes of at least 4 members (excludes halogenated alkanes) is 1. The van der Waals surface area contributed by atoms with Gasteiger partial charge in [-0.2, -0.15) is 5.26 Å². The molecule has 0 aliphatic rings. The zero-order valence-corrected chi connectivity index (χ0v) is 16.9. The fraction of sp³-hybridized carbons (Fsp3) is 0.333. The zero-order chi connectivity index (χ0) is 20.6. The van der Waals surface area contributed by atoms with Gasteiger partial charge in [0.1, 0.15) is 0 Å². The standard InChI is InChI=1S/C24H25NO4/c1-17-20-12-16-29-22(20)24(28-15-8-11-19-9-4-3-5-10-19)23(21(17)18(2)26)27-14-7-6-13-25/h3-5,9-10,12,16H,6-8,11,14-15H2,1-2H3. The summed E-state index contributed by atoms with van der Waals surface area (Å²) in [7, 11) is 0. The number of carbonyl (C=O) groups excluding carboxylic acids is 1. The summed E-state index contributed by atoms with van der Waals surface area (Å²) >= 11 is 0. The summed E-state index contributed by atoms with van der Waals surface area (Å²) in [6, 6.07) is 14.2. The Morgan fingerprint density at radius 2 is 1.79 bits per heavy atom. The number of nitriles is 1. The lowest BCUT2D eigenvalue weighted by Gasteiger charge is -2.18. The monoisotopic (exact) mass is 391 g/mol. The van der Waals surface area contributed by atoms with Crippen LogP contribution >= 0.6 is 0 Å². The van der Waals surface area contributed by atoms with Crippen molar-refractivity contribution in [3.8, 4) is 17.6 Å². The number of rotatable bonds is 10. The van der Waals surface area contributed by atoms with Crippen molar-refractivity contribution >= 4 is 16.8 Å².